The van der Waals surface area contributed by atoms with Crippen LogP contribution in [0.5, 0.6) is 0 Å². The van der Waals surface area contributed by atoms with E-state index in [1.54, 1.807) is 19.3 Å². The normalized spacial score (nSPS) is 9.88. The molecular formula is C18H16N2O4. The molecule has 122 valence electrons. The third kappa shape index (κ3) is 4.15. The molecule has 0 fully saturated rings. The van der Waals surface area contributed by atoms with Crippen LogP contribution in [0.2, 0.25) is 0 Å². The summed E-state index contributed by atoms with van der Waals surface area (Å²) >= 11 is 0. The van der Waals surface area contributed by atoms with Gasteiger partial charge < -0.3 is 14.9 Å². The van der Waals surface area contributed by atoms with Crippen molar-refractivity contribution in [1.82, 2.24) is 0 Å². The van der Waals surface area contributed by atoms with Crippen molar-refractivity contribution >= 4 is 34.3 Å². The average Bonchev–Trinajstić information content (AvgIpc) is 2.55. The predicted molar refractivity (Wildman–Crippen MR) is 89.1 cm³/mol. The minimum absolute atomic E-state index is 0.0763. The van der Waals surface area contributed by atoms with E-state index >= 15 is 0 Å². The van der Waals surface area contributed by atoms with Gasteiger partial charge in [-0.05, 0) is 18.4 Å². The Labute approximate surface area is 139 Å². The molecule has 0 bridgehead atoms. The van der Waals surface area contributed by atoms with Gasteiger partial charge >= 0.3 is 6.16 Å². The number of benzene rings is 1. The number of nitrogens with zero attached hydrogens (tertiary/aromatic N) is 2. The average molecular weight is 324 g/mol. The zero-order valence-corrected chi connectivity index (χ0v) is 13.2. The monoisotopic (exact) mass is 324 g/mol. The molecule has 2 rings (SSSR count). The maximum absolute atomic E-state index is 12.3. The van der Waals surface area contributed by atoms with E-state index in [0.29, 0.717) is 0 Å². The first-order valence-electron chi connectivity index (χ1n) is 7.28. The van der Waals surface area contributed by atoms with Crippen LogP contribution in [0.25, 0.3) is 21.9 Å². The summed E-state index contributed by atoms with van der Waals surface area (Å²) in [4.78, 5) is 23.5. The molecule has 0 radical (unpaired) electrons. The van der Waals surface area contributed by atoms with Crippen LogP contribution >= 0.6 is 0 Å². The molecule has 2 aromatic rings. The largest absolute Gasteiger partial charge is 0.758 e. The molecule has 1 aromatic heterocycles. The zero-order valence-electron chi connectivity index (χ0n) is 13.2. The van der Waals surface area contributed by atoms with Crippen LogP contribution in [-0.4, -0.2) is 24.4 Å². The van der Waals surface area contributed by atoms with Crippen molar-refractivity contribution in [2.45, 2.75) is 13.3 Å². The van der Waals surface area contributed by atoms with Gasteiger partial charge in [0, 0.05) is 11.5 Å². The summed E-state index contributed by atoms with van der Waals surface area (Å²) in [5, 5.41) is 11.2. The van der Waals surface area contributed by atoms with E-state index in [1.165, 1.54) is 4.57 Å². The van der Waals surface area contributed by atoms with E-state index < -0.39 is 11.9 Å². The quantitative estimate of drug-likeness (QED) is 0.269. The van der Waals surface area contributed by atoms with Crippen LogP contribution in [0.3, 0.4) is 0 Å². The molecule has 0 spiro atoms. The number of carbonyl (C=O) groups excluding carboxylic acids is 2. The standard InChI is InChI=1S/C18H16N2O4/c1-3-23-18(22)24-13(2)10-17(21)16(11-19)20-9-8-14-6-4-5-7-15(14)12-20/h4-9,12H,2-3,10H2,1H3. The lowest BCUT2D eigenvalue weighted by Crippen LogP contribution is -2.36. The van der Waals surface area contributed by atoms with Gasteiger partial charge in [0.05, 0.1) is 13.0 Å². The summed E-state index contributed by atoms with van der Waals surface area (Å²) in [6, 6.07) is 9.40. The number of ketones is 1. The summed E-state index contributed by atoms with van der Waals surface area (Å²) in [5.41, 5.74) is -0.0886. The Morgan fingerprint density at radius 3 is 2.62 bits per heavy atom. The van der Waals surface area contributed by atoms with Crippen molar-refractivity contribution in [2.24, 2.45) is 0 Å². The van der Waals surface area contributed by atoms with E-state index in [0.717, 1.165) is 10.8 Å². The number of ether oxygens (including phenoxy) is 2. The lowest BCUT2D eigenvalue weighted by molar-refractivity contribution is -0.574. The fraction of sp³-hybridized carbons (Fsp3) is 0.167. The van der Waals surface area contributed by atoms with Crippen molar-refractivity contribution in [3.63, 3.8) is 0 Å². The molecule has 0 saturated carbocycles. The van der Waals surface area contributed by atoms with E-state index in [-0.39, 0.29) is 24.5 Å². The highest BCUT2D eigenvalue weighted by atomic mass is 16.7. The molecule has 0 N–H and O–H groups in total. The highest BCUT2D eigenvalue weighted by Gasteiger charge is 2.21. The van der Waals surface area contributed by atoms with Crippen molar-refractivity contribution in [3.8, 4) is 0 Å². The molecule has 0 aliphatic rings. The van der Waals surface area contributed by atoms with Crippen LogP contribution in [0.4, 0.5) is 4.79 Å². The first-order valence-corrected chi connectivity index (χ1v) is 7.28. The number of carbonyl (C=O) groups is 2. The molecule has 6 heteroatoms. The number of hydrogen-bond donors (Lipinski definition) is 0. The Morgan fingerprint density at radius 2 is 1.96 bits per heavy atom. The molecule has 1 heterocycles. The van der Waals surface area contributed by atoms with Gasteiger partial charge in [-0.3, -0.25) is 4.79 Å². The summed E-state index contributed by atoms with van der Waals surface area (Å²) in [5.74, 6) is 1.30. The molecule has 0 atom stereocenters. The van der Waals surface area contributed by atoms with Gasteiger partial charge in [-0.1, -0.05) is 24.8 Å². The Bertz CT molecular complexity index is 851. The molecule has 24 heavy (non-hydrogen) atoms. The Morgan fingerprint density at radius 1 is 1.25 bits per heavy atom. The minimum atomic E-state index is -0.924. The minimum Gasteiger partial charge on any atom is -0.758 e. The SMILES string of the molecule is C=C(CC(=O)C(=C=[N-])[n+]1ccc2ccccc2c1)OC(=O)OCC. The van der Waals surface area contributed by atoms with Crippen molar-refractivity contribution in [1.29, 1.82) is 0 Å². The topological polar surface area (TPSA) is 78.8 Å². The molecule has 0 aliphatic carbocycles. The van der Waals surface area contributed by atoms with Gasteiger partial charge in [0.1, 0.15) is 5.76 Å². The van der Waals surface area contributed by atoms with Gasteiger partial charge in [0.2, 0.25) is 5.78 Å². The Kier molecular flexibility index (Phi) is 5.60. The molecule has 0 amide bonds. The number of rotatable bonds is 6. The van der Waals surface area contributed by atoms with E-state index in [2.05, 4.69) is 11.3 Å². The second kappa shape index (κ2) is 7.85. The number of fused-ring (bicyclic) bond motifs is 1. The molecule has 0 aliphatic heterocycles. The lowest BCUT2D eigenvalue weighted by atomic mass is 10.1. The van der Waals surface area contributed by atoms with Gasteiger partial charge in [0.25, 0.3) is 5.70 Å². The number of allylic oxidation sites excluding steroid dienone is 2. The van der Waals surface area contributed by atoms with Gasteiger partial charge in [-0.25, -0.2) is 4.79 Å². The maximum Gasteiger partial charge on any atom is 0.513 e. The summed E-state index contributed by atoms with van der Waals surface area (Å²) in [6.07, 6.45) is 2.11. The van der Waals surface area contributed by atoms with Crippen molar-refractivity contribution < 1.29 is 23.6 Å². The van der Waals surface area contributed by atoms with Crippen molar-refractivity contribution in [2.75, 3.05) is 6.61 Å². The smallest absolute Gasteiger partial charge is 0.513 e. The second-order valence-electron chi connectivity index (χ2n) is 4.87. The van der Waals surface area contributed by atoms with E-state index in [4.69, 9.17) is 4.74 Å². The second-order valence-corrected chi connectivity index (χ2v) is 4.87. The van der Waals surface area contributed by atoms with Crippen LogP contribution < -0.4 is 4.57 Å². The Hall–Kier alpha value is -3.24. The summed E-state index contributed by atoms with van der Waals surface area (Å²) in [6.45, 7) is 5.29. The van der Waals surface area contributed by atoms with Crippen LogP contribution in [0.1, 0.15) is 13.3 Å². The number of pyridine rings is 1. The van der Waals surface area contributed by atoms with Gasteiger partial charge in [0.15, 0.2) is 12.4 Å². The fourth-order valence-corrected chi connectivity index (χ4v) is 2.10. The third-order valence-electron chi connectivity index (χ3n) is 3.16. The Balaban J connectivity index is 2.15. The number of aromatic nitrogens is 1. The third-order valence-corrected chi connectivity index (χ3v) is 3.16. The van der Waals surface area contributed by atoms with Gasteiger partial charge in [-0.2, -0.15) is 10.4 Å². The first kappa shape index (κ1) is 17.1. The maximum atomic E-state index is 12.3. The highest BCUT2D eigenvalue weighted by Crippen LogP contribution is 2.12. The molecular weight excluding hydrogens is 308 g/mol. The zero-order chi connectivity index (χ0) is 17.5. The predicted octanol–water partition coefficient (Wildman–Crippen LogP) is 2.85. The number of Topliss-reactive ketones (excluding diaryl/α,β-unsaturated/α-hetero) is 1. The summed E-state index contributed by atoms with van der Waals surface area (Å²) in [7, 11) is 0. The first-order chi connectivity index (χ1) is 11.5. The number of hydrogen-bond acceptors (Lipinski definition) is 4. The van der Waals surface area contributed by atoms with Gasteiger partial charge in [-0.15, -0.1) is 0 Å². The van der Waals surface area contributed by atoms with E-state index in [9.17, 15) is 15.0 Å². The molecule has 1 aromatic carbocycles. The van der Waals surface area contributed by atoms with Crippen LogP contribution in [0, 0.1) is 0 Å². The van der Waals surface area contributed by atoms with Crippen molar-refractivity contribution in [3.05, 3.63) is 60.5 Å². The van der Waals surface area contributed by atoms with Crippen LogP contribution in [-0.2, 0) is 14.3 Å². The van der Waals surface area contributed by atoms with E-state index in [1.807, 2.05) is 36.2 Å². The van der Waals surface area contributed by atoms with Crippen LogP contribution in [0.15, 0.2) is 55.1 Å². The lowest BCUT2D eigenvalue weighted by Gasteiger charge is -2.06. The highest BCUT2D eigenvalue weighted by molar-refractivity contribution is 6.21. The molecule has 0 saturated heterocycles. The molecule has 0 unspecified atom stereocenters. The molecule has 6 nitrogen and oxygen atoms in total. The fourth-order valence-electron chi connectivity index (χ4n) is 2.10. The summed E-state index contributed by atoms with van der Waals surface area (Å²) < 4.78 is 10.8.